The molecule has 1 aromatic carbocycles. The first-order valence-corrected chi connectivity index (χ1v) is 9.43. The Morgan fingerprint density at radius 1 is 1.27 bits per heavy atom. The van der Waals surface area contributed by atoms with E-state index >= 15 is 0 Å². The monoisotopic (exact) mass is 408 g/mol. The van der Waals surface area contributed by atoms with Gasteiger partial charge in [-0.1, -0.05) is 12.1 Å². The summed E-state index contributed by atoms with van der Waals surface area (Å²) in [7, 11) is 0. The van der Waals surface area contributed by atoms with Crippen molar-refractivity contribution in [3.63, 3.8) is 0 Å². The summed E-state index contributed by atoms with van der Waals surface area (Å²) in [6, 6.07) is 7.70. The van der Waals surface area contributed by atoms with Gasteiger partial charge in [0, 0.05) is 24.4 Å². The average Bonchev–Trinajstić information content (AvgIpc) is 3.07. The van der Waals surface area contributed by atoms with E-state index in [1.54, 1.807) is 10.7 Å². The van der Waals surface area contributed by atoms with Gasteiger partial charge in [0.15, 0.2) is 0 Å². The van der Waals surface area contributed by atoms with Gasteiger partial charge in [0.05, 0.1) is 11.2 Å². The van der Waals surface area contributed by atoms with Gasteiger partial charge in [-0.3, -0.25) is 0 Å². The largest absolute Gasteiger partial charge is 0.478 e. The first-order valence-electron chi connectivity index (χ1n) is 9.43. The summed E-state index contributed by atoms with van der Waals surface area (Å²) in [6.07, 6.45) is 5.33. The molecule has 0 bridgehead atoms. The predicted molar refractivity (Wildman–Crippen MR) is 113 cm³/mol. The fraction of sp³-hybridized carbons (Fsp3) is 0.273. The average molecular weight is 408 g/mol. The van der Waals surface area contributed by atoms with Gasteiger partial charge in [0.1, 0.15) is 11.9 Å². The molecule has 2 N–H and O–H groups in total. The van der Waals surface area contributed by atoms with Crippen LogP contribution in [-0.4, -0.2) is 37.4 Å². The Balaban J connectivity index is 1.83. The van der Waals surface area contributed by atoms with Crippen LogP contribution in [0.5, 0.6) is 0 Å². The molecule has 2 heterocycles. The number of amides is 1. The van der Waals surface area contributed by atoms with E-state index in [4.69, 9.17) is 9.84 Å². The number of carbonyl (C=O) groups excluding carboxylic acids is 1. The van der Waals surface area contributed by atoms with Crippen molar-refractivity contribution >= 4 is 23.7 Å². The number of benzene rings is 1. The number of alkyl carbamates (subject to hydrolysis) is 1. The highest BCUT2D eigenvalue weighted by Gasteiger charge is 2.16. The van der Waals surface area contributed by atoms with Crippen LogP contribution in [0.25, 0.3) is 22.9 Å². The number of ether oxygens (including phenoxy) is 1. The second kappa shape index (κ2) is 8.36. The number of aryl methyl sites for hydroxylation is 1. The van der Waals surface area contributed by atoms with Crippen LogP contribution in [0.15, 0.2) is 42.9 Å². The number of aromatic nitrogens is 3. The molecule has 3 aromatic rings. The number of fused-ring (bicyclic) bond motifs is 1. The van der Waals surface area contributed by atoms with Crippen molar-refractivity contribution < 1.29 is 19.4 Å². The minimum atomic E-state index is -1.01. The second-order valence-corrected chi connectivity index (χ2v) is 7.88. The smallest absolute Gasteiger partial charge is 0.407 e. The maximum Gasteiger partial charge on any atom is 0.407 e. The van der Waals surface area contributed by atoms with Crippen LogP contribution in [0.1, 0.15) is 37.5 Å². The predicted octanol–water partition coefficient (Wildman–Crippen LogP) is 3.83. The van der Waals surface area contributed by atoms with Crippen molar-refractivity contribution in [3.8, 4) is 11.3 Å². The molecule has 0 saturated carbocycles. The number of carbonyl (C=O) groups is 2. The lowest BCUT2D eigenvalue weighted by Crippen LogP contribution is -2.32. The molecule has 0 unspecified atom stereocenters. The molecule has 0 saturated heterocycles. The number of aliphatic carboxylic acids is 1. The summed E-state index contributed by atoms with van der Waals surface area (Å²) in [5.41, 5.74) is 4.53. The van der Waals surface area contributed by atoms with Gasteiger partial charge in [-0.15, -0.1) is 0 Å². The SMILES string of the molecule is Cc1cc(-c2ncnn3cc(/C=C/C(=O)O)cc23)ccc1CNC(=O)OC(C)(C)C. The lowest BCUT2D eigenvalue weighted by atomic mass is 10.0. The zero-order valence-electron chi connectivity index (χ0n) is 17.3. The highest BCUT2D eigenvalue weighted by atomic mass is 16.6. The Hall–Kier alpha value is -3.68. The van der Waals surface area contributed by atoms with E-state index in [-0.39, 0.29) is 0 Å². The molecule has 3 rings (SSSR count). The Bertz CT molecular complexity index is 1130. The number of nitrogens with one attached hydrogen (secondary N) is 1. The van der Waals surface area contributed by atoms with Gasteiger partial charge < -0.3 is 15.2 Å². The minimum absolute atomic E-state index is 0.357. The maximum absolute atomic E-state index is 11.9. The summed E-state index contributed by atoms with van der Waals surface area (Å²) in [6.45, 7) is 7.78. The van der Waals surface area contributed by atoms with Crippen molar-refractivity contribution in [2.45, 2.75) is 39.8 Å². The topological polar surface area (TPSA) is 106 Å². The molecule has 8 heteroatoms. The van der Waals surface area contributed by atoms with Crippen molar-refractivity contribution in [2.75, 3.05) is 0 Å². The first kappa shape index (κ1) is 21.0. The zero-order valence-corrected chi connectivity index (χ0v) is 17.3. The third-order valence-corrected chi connectivity index (χ3v) is 4.28. The quantitative estimate of drug-likeness (QED) is 0.622. The van der Waals surface area contributed by atoms with Crippen LogP contribution in [0.4, 0.5) is 4.79 Å². The molecule has 0 radical (unpaired) electrons. The fourth-order valence-electron chi connectivity index (χ4n) is 2.95. The second-order valence-electron chi connectivity index (χ2n) is 7.88. The maximum atomic E-state index is 11.9. The van der Waals surface area contributed by atoms with E-state index in [9.17, 15) is 9.59 Å². The van der Waals surface area contributed by atoms with Crippen LogP contribution < -0.4 is 5.32 Å². The highest BCUT2D eigenvalue weighted by molar-refractivity contribution is 5.86. The van der Waals surface area contributed by atoms with Crippen molar-refractivity contribution in [3.05, 3.63) is 59.6 Å². The zero-order chi connectivity index (χ0) is 21.9. The Labute approximate surface area is 174 Å². The summed E-state index contributed by atoms with van der Waals surface area (Å²) < 4.78 is 6.93. The normalized spacial score (nSPS) is 11.7. The van der Waals surface area contributed by atoms with E-state index in [0.717, 1.165) is 34.0 Å². The molecular weight excluding hydrogens is 384 g/mol. The van der Waals surface area contributed by atoms with Crippen LogP contribution in [0.3, 0.4) is 0 Å². The lowest BCUT2D eigenvalue weighted by Gasteiger charge is -2.20. The molecule has 0 aliphatic rings. The minimum Gasteiger partial charge on any atom is -0.478 e. The van der Waals surface area contributed by atoms with Crippen LogP contribution in [-0.2, 0) is 16.1 Å². The number of hydrogen-bond donors (Lipinski definition) is 2. The van der Waals surface area contributed by atoms with Gasteiger partial charge in [-0.2, -0.15) is 5.10 Å². The van der Waals surface area contributed by atoms with Gasteiger partial charge in [0.2, 0.25) is 0 Å². The van der Waals surface area contributed by atoms with E-state index in [1.807, 2.05) is 52.0 Å². The molecule has 0 aliphatic heterocycles. The van der Waals surface area contributed by atoms with Crippen LogP contribution in [0.2, 0.25) is 0 Å². The van der Waals surface area contributed by atoms with Gasteiger partial charge in [0.25, 0.3) is 0 Å². The van der Waals surface area contributed by atoms with Gasteiger partial charge in [-0.25, -0.2) is 19.1 Å². The molecule has 8 nitrogen and oxygen atoms in total. The first-order chi connectivity index (χ1) is 14.1. The standard InChI is InChI=1S/C22H24N4O4/c1-14-9-16(6-7-17(14)11-23-21(29)30-22(2,3)4)20-18-10-15(5-8-19(27)28)12-26(18)25-13-24-20/h5-10,12-13H,11H2,1-4H3,(H,23,29)(H,27,28)/b8-5+. The molecule has 0 fully saturated rings. The number of carboxylic acids is 1. The third-order valence-electron chi connectivity index (χ3n) is 4.28. The molecule has 0 spiro atoms. The number of nitrogens with zero attached hydrogens (tertiary/aromatic N) is 3. The van der Waals surface area contributed by atoms with E-state index in [0.29, 0.717) is 12.1 Å². The Morgan fingerprint density at radius 3 is 2.70 bits per heavy atom. The summed E-state index contributed by atoms with van der Waals surface area (Å²) in [4.78, 5) is 27.0. The fourth-order valence-corrected chi connectivity index (χ4v) is 2.95. The molecule has 1 amide bonds. The number of hydrogen-bond acceptors (Lipinski definition) is 5. The van der Waals surface area contributed by atoms with E-state index in [2.05, 4.69) is 15.4 Å². The third kappa shape index (κ3) is 5.22. The molecule has 30 heavy (non-hydrogen) atoms. The number of rotatable bonds is 5. The highest BCUT2D eigenvalue weighted by Crippen LogP contribution is 2.26. The van der Waals surface area contributed by atoms with E-state index < -0.39 is 17.7 Å². The molecule has 0 atom stereocenters. The molecule has 2 aromatic heterocycles. The summed E-state index contributed by atoms with van der Waals surface area (Å²) in [5.74, 6) is -1.01. The van der Waals surface area contributed by atoms with Crippen LogP contribution >= 0.6 is 0 Å². The molecule has 156 valence electrons. The Kier molecular flexibility index (Phi) is 5.86. The van der Waals surface area contributed by atoms with Gasteiger partial charge in [-0.05, 0) is 62.6 Å². The molecule has 0 aliphatic carbocycles. The summed E-state index contributed by atoms with van der Waals surface area (Å²) >= 11 is 0. The van der Waals surface area contributed by atoms with Gasteiger partial charge >= 0.3 is 12.1 Å². The van der Waals surface area contributed by atoms with Crippen molar-refractivity contribution in [2.24, 2.45) is 0 Å². The lowest BCUT2D eigenvalue weighted by molar-refractivity contribution is -0.131. The Morgan fingerprint density at radius 2 is 2.03 bits per heavy atom. The molecular formula is C22H24N4O4. The van der Waals surface area contributed by atoms with E-state index in [1.165, 1.54) is 12.4 Å². The van der Waals surface area contributed by atoms with Crippen LogP contribution in [0, 0.1) is 6.92 Å². The summed E-state index contributed by atoms with van der Waals surface area (Å²) in [5, 5.41) is 15.8. The van der Waals surface area contributed by atoms with Crippen molar-refractivity contribution in [1.82, 2.24) is 19.9 Å². The number of carboxylic acid groups (broad SMARTS) is 1. The van der Waals surface area contributed by atoms with Crippen molar-refractivity contribution in [1.29, 1.82) is 0 Å².